The number of hydrogen-bond donors (Lipinski definition) is 6. The number of methoxy groups -OCH3 is 2. The van der Waals surface area contributed by atoms with E-state index in [1.807, 2.05) is 41.5 Å². The van der Waals surface area contributed by atoms with Crippen LogP contribution in [0.3, 0.4) is 0 Å². The van der Waals surface area contributed by atoms with Crippen molar-refractivity contribution in [3.8, 4) is 0 Å². The average molecular weight is 551 g/mol. The minimum atomic E-state index is -1.82. The van der Waals surface area contributed by atoms with Gasteiger partial charge in [0.15, 0.2) is 0 Å². The summed E-state index contributed by atoms with van der Waals surface area (Å²) in [6.45, 7) is 14.4. The van der Waals surface area contributed by atoms with Gasteiger partial charge in [0.25, 0.3) is 0 Å². The van der Waals surface area contributed by atoms with Crippen molar-refractivity contribution in [3.05, 3.63) is 0 Å². The van der Waals surface area contributed by atoms with Gasteiger partial charge in [0.05, 0.1) is 24.3 Å². The molecule has 2 aliphatic rings. The largest absolute Gasteiger partial charge is 0.473 e. The fourth-order valence-electron chi connectivity index (χ4n) is 3.40. The van der Waals surface area contributed by atoms with E-state index in [4.69, 9.17) is 38.7 Å². The number of carboxylic acid groups (broad SMARTS) is 2. The van der Waals surface area contributed by atoms with Crippen molar-refractivity contribution < 1.29 is 48.3 Å². The second kappa shape index (κ2) is 17.0. The Morgan fingerprint density at radius 2 is 1.00 bits per heavy atom. The summed E-state index contributed by atoms with van der Waals surface area (Å²) in [5, 5.41) is 26.9. The Morgan fingerprint density at radius 3 is 1.24 bits per heavy atom. The number of amides is 2. The van der Waals surface area contributed by atoms with Gasteiger partial charge in [0.2, 0.25) is 0 Å². The SMILES string of the molecule is COC1CNCCC1NC(=O)OC(C)(C)C.COC1CNCCC1NC(=O)OC(C)(C)C.O=C(O)C(=O)O. The van der Waals surface area contributed by atoms with Gasteiger partial charge in [-0.25, -0.2) is 19.2 Å². The Morgan fingerprint density at radius 1 is 0.684 bits per heavy atom. The maximum Gasteiger partial charge on any atom is 0.414 e. The van der Waals surface area contributed by atoms with E-state index >= 15 is 0 Å². The van der Waals surface area contributed by atoms with Gasteiger partial charge >= 0.3 is 24.1 Å². The molecule has 6 N–H and O–H groups in total. The summed E-state index contributed by atoms with van der Waals surface area (Å²) in [6, 6.07) is 0.0576. The first-order valence-corrected chi connectivity index (χ1v) is 12.4. The molecule has 222 valence electrons. The highest BCUT2D eigenvalue weighted by atomic mass is 16.6. The summed E-state index contributed by atoms with van der Waals surface area (Å²) in [5.74, 6) is -3.65. The molecule has 0 spiro atoms. The number of rotatable bonds is 4. The van der Waals surface area contributed by atoms with Crippen LogP contribution in [0.2, 0.25) is 0 Å². The first kappa shape index (κ1) is 35.3. The Hall–Kier alpha value is -2.68. The van der Waals surface area contributed by atoms with Crippen LogP contribution in [-0.4, -0.2) is 110 Å². The molecule has 14 nitrogen and oxygen atoms in total. The first-order valence-electron chi connectivity index (χ1n) is 12.4. The molecule has 0 aliphatic carbocycles. The number of ether oxygens (including phenoxy) is 4. The molecule has 0 bridgehead atoms. The molecule has 0 aromatic carbocycles. The number of carbonyl (C=O) groups excluding carboxylic acids is 2. The van der Waals surface area contributed by atoms with Crippen LogP contribution in [0.4, 0.5) is 9.59 Å². The summed E-state index contributed by atoms with van der Waals surface area (Å²) < 4.78 is 21.0. The van der Waals surface area contributed by atoms with Gasteiger partial charge in [-0.3, -0.25) is 0 Å². The van der Waals surface area contributed by atoms with Crippen LogP contribution in [0, 0.1) is 0 Å². The molecular weight excluding hydrogens is 504 g/mol. The van der Waals surface area contributed by atoms with Gasteiger partial charge in [-0.15, -0.1) is 0 Å². The molecule has 2 aliphatic heterocycles. The minimum Gasteiger partial charge on any atom is -0.473 e. The van der Waals surface area contributed by atoms with Crippen LogP contribution >= 0.6 is 0 Å². The number of carboxylic acids is 2. The number of carbonyl (C=O) groups is 4. The summed E-state index contributed by atoms with van der Waals surface area (Å²) in [7, 11) is 3.31. The van der Waals surface area contributed by atoms with Gasteiger partial charge in [-0.05, 0) is 67.5 Å². The highest BCUT2D eigenvalue weighted by Crippen LogP contribution is 2.12. The molecule has 0 saturated carbocycles. The second-order valence-corrected chi connectivity index (χ2v) is 10.6. The third-order valence-corrected chi connectivity index (χ3v) is 5.05. The van der Waals surface area contributed by atoms with Crippen molar-refractivity contribution >= 4 is 24.1 Å². The molecule has 2 saturated heterocycles. The predicted molar refractivity (Wildman–Crippen MR) is 138 cm³/mol. The Kier molecular flexibility index (Phi) is 15.8. The molecule has 4 atom stereocenters. The highest BCUT2D eigenvalue weighted by molar-refractivity contribution is 6.27. The lowest BCUT2D eigenvalue weighted by Gasteiger charge is -2.32. The minimum absolute atomic E-state index is 0.0151. The lowest BCUT2D eigenvalue weighted by molar-refractivity contribution is -0.159. The van der Waals surface area contributed by atoms with Gasteiger partial charge in [-0.2, -0.15) is 0 Å². The predicted octanol–water partition coefficient (Wildman–Crippen LogP) is 0.932. The lowest BCUT2D eigenvalue weighted by atomic mass is 10.0. The summed E-state index contributed by atoms with van der Waals surface area (Å²) >= 11 is 0. The Bertz CT molecular complexity index is 689. The molecule has 14 heteroatoms. The highest BCUT2D eigenvalue weighted by Gasteiger charge is 2.29. The maximum absolute atomic E-state index is 11.6. The van der Waals surface area contributed by atoms with Crippen molar-refractivity contribution in [1.29, 1.82) is 0 Å². The van der Waals surface area contributed by atoms with Gasteiger partial charge in [-0.1, -0.05) is 0 Å². The van der Waals surface area contributed by atoms with E-state index in [1.165, 1.54) is 0 Å². The Labute approximate surface area is 224 Å². The molecule has 2 rings (SSSR count). The van der Waals surface area contributed by atoms with Gasteiger partial charge in [0.1, 0.15) is 11.2 Å². The van der Waals surface area contributed by atoms with Crippen molar-refractivity contribution in [2.24, 2.45) is 0 Å². The second-order valence-electron chi connectivity index (χ2n) is 10.6. The van der Waals surface area contributed by atoms with E-state index in [0.717, 1.165) is 39.0 Å². The fourth-order valence-corrected chi connectivity index (χ4v) is 3.40. The standard InChI is InChI=1S/2C11H22N2O3.C2H2O4/c2*1-11(2,3)16-10(14)13-8-5-6-12-7-9(8)15-4;3-1(4)2(5)6/h2*8-9,12H,5-7H2,1-4H3,(H,13,14);(H,3,4)(H,5,6). The number of piperidine rings is 2. The quantitative estimate of drug-likeness (QED) is 0.272. The van der Waals surface area contributed by atoms with Gasteiger partial charge < -0.3 is 50.4 Å². The molecule has 2 fully saturated rings. The topological polar surface area (TPSA) is 194 Å². The van der Waals surface area contributed by atoms with Crippen LogP contribution in [0.5, 0.6) is 0 Å². The number of aliphatic carboxylic acids is 2. The van der Waals surface area contributed by atoms with Gasteiger partial charge in [0, 0.05) is 27.3 Å². The smallest absolute Gasteiger partial charge is 0.414 e. The molecule has 2 heterocycles. The van der Waals surface area contributed by atoms with Crippen LogP contribution in [0.25, 0.3) is 0 Å². The third-order valence-electron chi connectivity index (χ3n) is 5.05. The van der Waals surface area contributed by atoms with Crippen LogP contribution < -0.4 is 21.3 Å². The average Bonchev–Trinajstić information content (AvgIpc) is 2.78. The fraction of sp³-hybridized carbons (Fsp3) is 0.833. The van der Waals surface area contributed by atoms with Crippen molar-refractivity contribution in [2.75, 3.05) is 40.4 Å². The normalized spacial score (nSPS) is 23.3. The van der Waals surface area contributed by atoms with E-state index in [0.29, 0.717) is 0 Å². The van der Waals surface area contributed by atoms with Crippen LogP contribution in [0.15, 0.2) is 0 Å². The maximum atomic E-state index is 11.6. The zero-order valence-electron chi connectivity index (χ0n) is 23.7. The molecular formula is C24H46N4O10. The lowest BCUT2D eigenvalue weighted by Crippen LogP contribution is -2.54. The van der Waals surface area contributed by atoms with Crippen molar-refractivity contribution in [1.82, 2.24) is 21.3 Å². The van der Waals surface area contributed by atoms with Crippen LogP contribution in [-0.2, 0) is 28.5 Å². The van der Waals surface area contributed by atoms with E-state index in [9.17, 15) is 9.59 Å². The van der Waals surface area contributed by atoms with E-state index in [-0.39, 0.29) is 36.5 Å². The molecule has 4 unspecified atom stereocenters. The van der Waals surface area contributed by atoms with Crippen LogP contribution in [0.1, 0.15) is 54.4 Å². The molecule has 2 amide bonds. The molecule has 0 aromatic heterocycles. The zero-order chi connectivity index (χ0) is 29.5. The zero-order valence-corrected chi connectivity index (χ0v) is 23.7. The van der Waals surface area contributed by atoms with Crippen molar-refractivity contribution in [2.45, 2.75) is 89.9 Å². The molecule has 0 radical (unpaired) electrons. The summed E-state index contributed by atoms with van der Waals surface area (Å²) in [4.78, 5) is 41.4. The van der Waals surface area contributed by atoms with E-state index in [2.05, 4.69) is 21.3 Å². The van der Waals surface area contributed by atoms with Crippen molar-refractivity contribution in [3.63, 3.8) is 0 Å². The van der Waals surface area contributed by atoms with E-state index in [1.54, 1.807) is 14.2 Å². The van der Waals surface area contributed by atoms with E-state index < -0.39 is 23.1 Å². The monoisotopic (exact) mass is 550 g/mol. The summed E-state index contributed by atoms with van der Waals surface area (Å²) in [6.07, 6.45) is 1.00. The Balaban J connectivity index is 0.000000596. The third kappa shape index (κ3) is 16.9. The number of alkyl carbamates (subject to hydrolysis) is 2. The number of nitrogens with one attached hydrogen (secondary N) is 4. The first-order chi connectivity index (χ1) is 17.5. The molecule has 0 aromatic rings. The number of hydrogen-bond acceptors (Lipinski definition) is 10. The molecule has 38 heavy (non-hydrogen) atoms. The summed E-state index contributed by atoms with van der Waals surface area (Å²) in [5.41, 5.74) is -0.918.